The van der Waals surface area contributed by atoms with E-state index in [9.17, 15) is 9.18 Å². The van der Waals surface area contributed by atoms with Gasteiger partial charge in [0, 0.05) is 32.4 Å². The Morgan fingerprint density at radius 2 is 1.78 bits per heavy atom. The molecule has 0 atom stereocenters. The maximum absolute atomic E-state index is 12.9. The highest BCUT2D eigenvalue weighted by Gasteiger charge is 2.14. The Bertz CT molecular complexity index is 914. The molecule has 3 rings (SSSR count). The van der Waals surface area contributed by atoms with E-state index in [-0.39, 0.29) is 18.3 Å². The summed E-state index contributed by atoms with van der Waals surface area (Å²) in [4.78, 5) is 14.2. The van der Waals surface area contributed by atoms with Crippen LogP contribution in [0, 0.1) is 12.7 Å². The van der Waals surface area contributed by atoms with Crippen LogP contribution >= 0.6 is 0 Å². The van der Waals surface area contributed by atoms with Crippen LogP contribution < -0.4 is 10.2 Å². The Kier molecular flexibility index (Phi) is 5.54. The number of halogens is 1. The molecule has 140 valence electrons. The minimum absolute atomic E-state index is 0.119. The summed E-state index contributed by atoms with van der Waals surface area (Å²) in [7, 11) is 3.86. The van der Waals surface area contributed by atoms with Crippen molar-refractivity contribution >= 4 is 11.7 Å². The summed E-state index contributed by atoms with van der Waals surface area (Å²) in [5.41, 5.74) is 4.07. The van der Waals surface area contributed by atoms with Crippen molar-refractivity contribution in [1.29, 1.82) is 0 Å². The number of carbonyl (C=O) groups excluding carboxylic acids is 1. The van der Waals surface area contributed by atoms with Gasteiger partial charge in [-0.1, -0.05) is 42.0 Å². The van der Waals surface area contributed by atoms with Crippen molar-refractivity contribution in [1.82, 2.24) is 15.1 Å². The third kappa shape index (κ3) is 4.73. The third-order valence-electron chi connectivity index (χ3n) is 4.24. The van der Waals surface area contributed by atoms with Crippen LogP contribution in [0.4, 0.5) is 10.2 Å². The number of nitrogens with one attached hydrogen (secondary N) is 1. The normalized spacial score (nSPS) is 10.7. The van der Waals surface area contributed by atoms with E-state index in [4.69, 9.17) is 0 Å². The topological polar surface area (TPSA) is 50.2 Å². The second-order valence-electron chi connectivity index (χ2n) is 6.73. The number of carbonyl (C=O) groups is 1. The van der Waals surface area contributed by atoms with E-state index in [2.05, 4.69) is 34.7 Å². The second kappa shape index (κ2) is 8.03. The number of hydrogen-bond donors (Lipinski definition) is 1. The van der Waals surface area contributed by atoms with Gasteiger partial charge in [-0.15, -0.1) is 0 Å². The van der Waals surface area contributed by atoms with Crippen LogP contribution in [0.15, 0.2) is 54.7 Å². The molecule has 27 heavy (non-hydrogen) atoms. The number of aromatic nitrogens is 2. The van der Waals surface area contributed by atoms with Gasteiger partial charge in [0.1, 0.15) is 12.4 Å². The largest absolute Gasteiger partial charge is 0.361 e. The molecule has 3 aromatic rings. The van der Waals surface area contributed by atoms with E-state index in [1.165, 1.54) is 17.7 Å². The van der Waals surface area contributed by atoms with Crippen molar-refractivity contribution in [2.75, 3.05) is 19.0 Å². The summed E-state index contributed by atoms with van der Waals surface area (Å²) in [5.74, 6) is 0.370. The highest BCUT2D eigenvalue weighted by Crippen LogP contribution is 2.28. The molecule has 0 saturated carbocycles. The molecule has 1 aromatic heterocycles. The first-order valence-electron chi connectivity index (χ1n) is 8.75. The lowest BCUT2D eigenvalue weighted by molar-refractivity contribution is -0.122. The Morgan fingerprint density at radius 1 is 1.11 bits per heavy atom. The molecule has 1 N–H and O–H groups in total. The summed E-state index contributed by atoms with van der Waals surface area (Å²) in [6, 6.07) is 14.3. The van der Waals surface area contributed by atoms with E-state index in [1.54, 1.807) is 16.8 Å². The van der Waals surface area contributed by atoms with Gasteiger partial charge in [0.05, 0.1) is 0 Å². The molecule has 6 heteroatoms. The highest BCUT2D eigenvalue weighted by molar-refractivity contribution is 5.78. The first-order valence-corrected chi connectivity index (χ1v) is 8.75. The van der Waals surface area contributed by atoms with Crippen LogP contribution in [0.2, 0.25) is 0 Å². The number of benzene rings is 2. The minimum Gasteiger partial charge on any atom is -0.361 e. The molecule has 2 aromatic carbocycles. The molecule has 0 spiro atoms. The molecule has 1 amide bonds. The molecule has 0 aliphatic rings. The number of rotatable bonds is 6. The van der Waals surface area contributed by atoms with Crippen molar-refractivity contribution in [2.45, 2.75) is 20.0 Å². The van der Waals surface area contributed by atoms with E-state index >= 15 is 0 Å². The lowest BCUT2D eigenvalue weighted by atomic mass is 10.1. The van der Waals surface area contributed by atoms with Crippen LogP contribution in [-0.2, 0) is 17.9 Å². The van der Waals surface area contributed by atoms with Gasteiger partial charge < -0.3 is 10.2 Å². The molecule has 0 bridgehead atoms. The fourth-order valence-electron chi connectivity index (χ4n) is 2.77. The lowest BCUT2D eigenvalue weighted by Gasteiger charge is -2.11. The first-order chi connectivity index (χ1) is 12.9. The van der Waals surface area contributed by atoms with Gasteiger partial charge in [-0.2, -0.15) is 5.10 Å². The van der Waals surface area contributed by atoms with Crippen LogP contribution in [0.1, 0.15) is 11.1 Å². The molecule has 0 aliphatic heterocycles. The van der Waals surface area contributed by atoms with Crippen molar-refractivity contribution in [3.8, 4) is 11.1 Å². The van der Waals surface area contributed by atoms with E-state index < -0.39 is 0 Å². The number of amides is 1. The van der Waals surface area contributed by atoms with Crippen LogP contribution in [-0.4, -0.2) is 29.8 Å². The first kappa shape index (κ1) is 18.6. The monoisotopic (exact) mass is 366 g/mol. The summed E-state index contributed by atoms with van der Waals surface area (Å²) in [6.07, 6.45) is 1.89. The molecule has 0 radical (unpaired) electrons. The van der Waals surface area contributed by atoms with E-state index in [0.29, 0.717) is 6.54 Å². The molecular weight excluding hydrogens is 343 g/mol. The smallest absolute Gasteiger partial charge is 0.241 e. The SMILES string of the molecule is Cc1ccc(-c2cn(CC(=O)NCc3ccc(F)cc3)nc2N(C)C)cc1. The molecule has 0 fully saturated rings. The fourth-order valence-corrected chi connectivity index (χ4v) is 2.77. The zero-order valence-electron chi connectivity index (χ0n) is 15.7. The predicted molar refractivity (Wildman–Crippen MR) is 105 cm³/mol. The average Bonchev–Trinajstić information content (AvgIpc) is 3.06. The van der Waals surface area contributed by atoms with Gasteiger partial charge in [0.15, 0.2) is 5.82 Å². The summed E-state index contributed by atoms with van der Waals surface area (Å²) >= 11 is 0. The zero-order chi connectivity index (χ0) is 19.4. The van der Waals surface area contributed by atoms with Gasteiger partial charge in [-0.05, 0) is 30.2 Å². The number of nitrogens with zero attached hydrogens (tertiary/aromatic N) is 3. The van der Waals surface area contributed by atoms with Crippen LogP contribution in [0.3, 0.4) is 0 Å². The van der Waals surface area contributed by atoms with Gasteiger partial charge in [-0.25, -0.2) is 4.39 Å². The van der Waals surface area contributed by atoms with Crippen LogP contribution in [0.25, 0.3) is 11.1 Å². The Labute approximate surface area is 158 Å². The number of aryl methyl sites for hydroxylation is 1. The minimum atomic E-state index is -0.290. The van der Waals surface area contributed by atoms with Crippen LogP contribution in [0.5, 0.6) is 0 Å². The lowest BCUT2D eigenvalue weighted by Crippen LogP contribution is -2.27. The standard InChI is InChI=1S/C21H23FN4O/c1-15-4-8-17(9-5-15)19-13-26(24-21(19)25(2)3)14-20(27)23-12-16-6-10-18(22)11-7-16/h4-11,13H,12,14H2,1-3H3,(H,23,27). The molecule has 0 unspecified atom stereocenters. The molecule has 0 aliphatic carbocycles. The van der Waals surface area contributed by atoms with Crippen molar-refractivity contribution in [3.63, 3.8) is 0 Å². The Balaban J connectivity index is 1.71. The Hall–Kier alpha value is -3.15. The molecule has 1 heterocycles. The van der Waals surface area contributed by atoms with Gasteiger partial charge in [-0.3, -0.25) is 9.48 Å². The predicted octanol–water partition coefficient (Wildman–Crippen LogP) is 3.38. The molecule has 5 nitrogen and oxygen atoms in total. The van der Waals surface area contributed by atoms with Crippen molar-refractivity contribution in [3.05, 3.63) is 71.7 Å². The van der Waals surface area contributed by atoms with Gasteiger partial charge >= 0.3 is 0 Å². The second-order valence-corrected chi connectivity index (χ2v) is 6.73. The summed E-state index contributed by atoms with van der Waals surface area (Å²) in [5, 5.41) is 7.38. The van der Waals surface area contributed by atoms with E-state index in [0.717, 1.165) is 22.5 Å². The fraction of sp³-hybridized carbons (Fsp3) is 0.238. The molecular formula is C21H23FN4O. The van der Waals surface area contributed by atoms with Crippen molar-refractivity contribution < 1.29 is 9.18 Å². The van der Waals surface area contributed by atoms with Gasteiger partial charge in [0.25, 0.3) is 0 Å². The Morgan fingerprint density at radius 3 is 2.41 bits per heavy atom. The average molecular weight is 366 g/mol. The zero-order valence-corrected chi connectivity index (χ0v) is 15.7. The number of anilines is 1. The third-order valence-corrected chi connectivity index (χ3v) is 4.24. The molecule has 0 saturated heterocycles. The number of hydrogen-bond acceptors (Lipinski definition) is 3. The summed E-state index contributed by atoms with van der Waals surface area (Å²) in [6.45, 7) is 2.52. The van der Waals surface area contributed by atoms with Gasteiger partial charge in [0.2, 0.25) is 5.91 Å². The highest BCUT2D eigenvalue weighted by atomic mass is 19.1. The summed E-state index contributed by atoms with van der Waals surface area (Å²) < 4.78 is 14.6. The maximum Gasteiger partial charge on any atom is 0.241 e. The van der Waals surface area contributed by atoms with Crippen molar-refractivity contribution in [2.24, 2.45) is 0 Å². The van der Waals surface area contributed by atoms with E-state index in [1.807, 2.05) is 32.1 Å². The quantitative estimate of drug-likeness (QED) is 0.728. The maximum atomic E-state index is 12.9.